The lowest BCUT2D eigenvalue weighted by Crippen LogP contribution is -2.22. The third-order valence-electron chi connectivity index (χ3n) is 2.41. The molecule has 0 saturated carbocycles. The molecule has 0 amide bonds. The van der Waals surface area contributed by atoms with Crippen molar-refractivity contribution in [2.24, 2.45) is 11.7 Å². The van der Waals surface area contributed by atoms with Crippen molar-refractivity contribution in [2.75, 3.05) is 0 Å². The summed E-state index contributed by atoms with van der Waals surface area (Å²) in [6.07, 6.45) is 7.63. The highest BCUT2D eigenvalue weighted by Crippen LogP contribution is 2.17. The van der Waals surface area contributed by atoms with Gasteiger partial charge >= 0.3 is 0 Å². The molecular formula is C13H22FN. The van der Waals surface area contributed by atoms with Crippen LogP contribution in [0.25, 0.3) is 0 Å². The van der Waals surface area contributed by atoms with E-state index in [0.717, 1.165) is 0 Å². The molecule has 0 bridgehead atoms. The fourth-order valence-corrected chi connectivity index (χ4v) is 1.01. The Hall–Kier alpha value is -1.05. The van der Waals surface area contributed by atoms with Crippen molar-refractivity contribution in [3.8, 4) is 0 Å². The molecule has 0 fully saturated rings. The van der Waals surface area contributed by atoms with Crippen LogP contribution in [0.3, 0.4) is 0 Å². The van der Waals surface area contributed by atoms with Crippen molar-refractivity contribution < 1.29 is 4.39 Å². The molecule has 0 radical (unpaired) electrons. The van der Waals surface area contributed by atoms with Gasteiger partial charge in [0.05, 0.1) is 0 Å². The number of rotatable bonds is 4. The highest BCUT2D eigenvalue weighted by atomic mass is 19.1. The van der Waals surface area contributed by atoms with E-state index < -0.39 is 5.67 Å². The molecule has 0 aromatic carbocycles. The van der Waals surface area contributed by atoms with E-state index in [4.69, 9.17) is 5.73 Å². The number of hydrogen-bond acceptors (Lipinski definition) is 1. The summed E-state index contributed by atoms with van der Waals surface area (Å²) >= 11 is 0. The van der Waals surface area contributed by atoms with E-state index in [1.165, 1.54) is 19.4 Å². The normalized spacial score (nSPS) is 17.2. The largest absolute Gasteiger partial charge is 0.399 e. The molecule has 0 heterocycles. The van der Waals surface area contributed by atoms with Gasteiger partial charge in [-0.3, -0.25) is 0 Å². The molecule has 0 saturated heterocycles. The first kappa shape index (κ1) is 13.9. The van der Waals surface area contributed by atoms with Crippen molar-refractivity contribution in [3.63, 3.8) is 0 Å². The lowest BCUT2D eigenvalue weighted by Gasteiger charge is -2.14. The third kappa shape index (κ3) is 5.40. The average Bonchev–Trinajstić information content (AvgIpc) is 2.12. The summed E-state index contributed by atoms with van der Waals surface area (Å²) in [4.78, 5) is 0. The Balaban J connectivity index is 4.65. The minimum Gasteiger partial charge on any atom is -0.399 e. The van der Waals surface area contributed by atoms with Crippen LogP contribution in [0.2, 0.25) is 0 Å². The Labute approximate surface area is 92.6 Å². The molecule has 1 atom stereocenters. The maximum atomic E-state index is 13.3. The van der Waals surface area contributed by atoms with Crippen LogP contribution in [0.5, 0.6) is 0 Å². The summed E-state index contributed by atoms with van der Waals surface area (Å²) in [7, 11) is 0. The minimum absolute atomic E-state index is 0.259. The maximum Gasteiger partial charge on any atom is 0.144 e. The molecule has 2 heteroatoms. The SMILES string of the molecule is C/C=C\C(C)/C(C)=C/C=C(\N)C(C)(C)F. The van der Waals surface area contributed by atoms with Crippen molar-refractivity contribution in [1.29, 1.82) is 0 Å². The van der Waals surface area contributed by atoms with Gasteiger partial charge in [0.15, 0.2) is 0 Å². The zero-order valence-corrected chi connectivity index (χ0v) is 10.3. The predicted molar refractivity (Wildman–Crippen MR) is 65.2 cm³/mol. The van der Waals surface area contributed by atoms with Crippen molar-refractivity contribution in [1.82, 2.24) is 0 Å². The van der Waals surface area contributed by atoms with E-state index in [1.807, 2.05) is 26.0 Å². The van der Waals surface area contributed by atoms with Gasteiger partial charge in [-0.1, -0.05) is 30.7 Å². The molecule has 0 aromatic rings. The van der Waals surface area contributed by atoms with Gasteiger partial charge in [-0.05, 0) is 39.7 Å². The highest BCUT2D eigenvalue weighted by molar-refractivity contribution is 5.22. The van der Waals surface area contributed by atoms with E-state index in [0.29, 0.717) is 5.92 Å². The molecular weight excluding hydrogens is 189 g/mol. The Morgan fingerprint density at radius 2 is 1.87 bits per heavy atom. The fourth-order valence-electron chi connectivity index (χ4n) is 1.01. The first-order valence-electron chi connectivity index (χ1n) is 5.25. The van der Waals surface area contributed by atoms with Crippen molar-refractivity contribution >= 4 is 0 Å². The van der Waals surface area contributed by atoms with E-state index in [1.54, 1.807) is 6.08 Å². The van der Waals surface area contributed by atoms with Gasteiger partial charge < -0.3 is 5.73 Å². The number of alkyl halides is 1. The van der Waals surface area contributed by atoms with Gasteiger partial charge in [0.2, 0.25) is 0 Å². The smallest absolute Gasteiger partial charge is 0.144 e. The molecule has 2 N–H and O–H groups in total. The van der Waals surface area contributed by atoms with Crippen LogP contribution < -0.4 is 5.73 Å². The summed E-state index contributed by atoms with van der Waals surface area (Å²) in [5.41, 5.74) is 5.58. The second-order valence-electron chi connectivity index (χ2n) is 4.32. The third-order valence-corrected chi connectivity index (χ3v) is 2.41. The summed E-state index contributed by atoms with van der Waals surface area (Å²) in [5.74, 6) is 0.363. The van der Waals surface area contributed by atoms with Crippen LogP contribution in [0.15, 0.2) is 35.6 Å². The predicted octanol–water partition coefficient (Wildman–Crippen LogP) is 3.74. The highest BCUT2D eigenvalue weighted by Gasteiger charge is 2.17. The van der Waals surface area contributed by atoms with Crippen LogP contribution in [0.1, 0.15) is 34.6 Å². The Bertz CT molecular complexity index is 279. The first-order valence-corrected chi connectivity index (χ1v) is 5.25. The van der Waals surface area contributed by atoms with Crippen molar-refractivity contribution in [2.45, 2.75) is 40.3 Å². The van der Waals surface area contributed by atoms with Gasteiger partial charge in [0, 0.05) is 5.70 Å². The molecule has 0 aromatic heterocycles. The Kier molecular flexibility index (Phi) is 5.34. The maximum absolute atomic E-state index is 13.3. The van der Waals surface area contributed by atoms with Gasteiger partial charge in [-0.2, -0.15) is 0 Å². The molecule has 0 aliphatic heterocycles. The van der Waals surface area contributed by atoms with Crippen molar-refractivity contribution in [3.05, 3.63) is 35.6 Å². The first-order chi connectivity index (χ1) is 6.79. The molecule has 1 unspecified atom stereocenters. The summed E-state index contributed by atoms with van der Waals surface area (Å²) in [6.45, 7) is 9.00. The number of nitrogens with two attached hydrogens (primary N) is 1. The Morgan fingerprint density at radius 1 is 1.33 bits per heavy atom. The topological polar surface area (TPSA) is 26.0 Å². The van der Waals surface area contributed by atoms with Crippen LogP contribution in [0, 0.1) is 5.92 Å². The van der Waals surface area contributed by atoms with Gasteiger partial charge in [0.1, 0.15) is 5.67 Å². The van der Waals surface area contributed by atoms with Crippen LogP contribution in [-0.2, 0) is 0 Å². The summed E-state index contributed by atoms with van der Waals surface area (Å²) in [6, 6.07) is 0. The lowest BCUT2D eigenvalue weighted by atomic mass is 10.0. The van der Waals surface area contributed by atoms with E-state index in [9.17, 15) is 4.39 Å². The van der Waals surface area contributed by atoms with E-state index in [-0.39, 0.29) is 5.70 Å². The van der Waals surface area contributed by atoms with Gasteiger partial charge in [-0.25, -0.2) is 4.39 Å². The Morgan fingerprint density at radius 3 is 2.27 bits per heavy atom. The molecule has 86 valence electrons. The van der Waals surface area contributed by atoms with Gasteiger partial charge in [-0.15, -0.1) is 0 Å². The monoisotopic (exact) mass is 211 g/mol. The number of halogens is 1. The standard InChI is InChI=1S/C13H22FN/c1-6-7-10(2)11(3)8-9-12(15)13(4,5)14/h6-10H,15H2,1-5H3/b7-6-,11-8+,12-9-. The second-order valence-corrected chi connectivity index (χ2v) is 4.32. The summed E-state index contributed by atoms with van der Waals surface area (Å²) in [5, 5.41) is 0. The molecule has 0 rings (SSSR count). The van der Waals surface area contributed by atoms with Gasteiger partial charge in [0.25, 0.3) is 0 Å². The molecule has 0 aliphatic carbocycles. The van der Waals surface area contributed by atoms with E-state index >= 15 is 0 Å². The quantitative estimate of drug-likeness (QED) is 0.556. The van der Waals surface area contributed by atoms with Crippen LogP contribution >= 0.6 is 0 Å². The van der Waals surface area contributed by atoms with Crippen LogP contribution in [0.4, 0.5) is 4.39 Å². The lowest BCUT2D eigenvalue weighted by molar-refractivity contribution is 0.265. The fraction of sp³-hybridized carbons (Fsp3) is 0.538. The number of allylic oxidation sites excluding steroid dienone is 6. The molecule has 0 spiro atoms. The molecule has 1 nitrogen and oxygen atoms in total. The molecule has 15 heavy (non-hydrogen) atoms. The summed E-state index contributed by atoms with van der Waals surface area (Å²) < 4.78 is 13.3. The second kappa shape index (κ2) is 5.74. The zero-order valence-electron chi connectivity index (χ0n) is 10.3. The van der Waals surface area contributed by atoms with Crippen LogP contribution in [-0.4, -0.2) is 5.67 Å². The minimum atomic E-state index is -1.44. The average molecular weight is 211 g/mol. The number of hydrogen-bond donors (Lipinski definition) is 1. The van der Waals surface area contributed by atoms with E-state index in [2.05, 4.69) is 13.0 Å². The molecule has 0 aliphatic rings. The zero-order chi connectivity index (χ0) is 12.1.